The normalized spacial score (nSPS) is 18.3. The van der Waals surface area contributed by atoms with Crippen LogP contribution < -0.4 is 15.2 Å². The van der Waals surface area contributed by atoms with Crippen LogP contribution in [0.25, 0.3) is 0 Å². The Hall–Kier alpha value is -2.24. The molecule has 2 N–H and O–H groups in total. The molecule has 1 aromatic carbocycles. The largest absolute Gasteiger partial charge is 0.486 e. The predicted molar refractivity (Wildman–Crippen MR) is 71.3 cm³/mol. The van der Waals surface area contributed by atoms with Gasteiger partial charge in [0, 0.05) is 24.6 Å². The second-order valence-electron chi connectivity index (χ2n) is 4.92. The topological polar surface area (TPSA) is 81.9 Å². The number of benzene rings is 1. The van der Waals surface area contributed by atoms with Gasteiger partial charge in [0.05, 0.1) is 6.54 Å². The molecule has 0 saturated carbocycles. The van der Waals surface area contributed by atoms with E-state index in [2.05, 4.69) is 0 Å². The van der Waals surface area contributed by atoms with Gasteiger partial charge in [-0.25, -0.2) is 0 Å². The first kappa shape index (κ1) is 12.8. The van der Waals surface area contributed by atoms with Crippen molar-refractivity contribution in [3.8, 4) is 11.5 Å². The smallest absolute Gasteiger partial charge is 0.229 e. The minimum Gasteiger partial charge on any atom is -0.486 e. The number of piperidine rings is 1. The summed E-state index contributed by atoms with van der Waals surface area (Å²) in [4.78, 5) is 24.9. The van der Waals surface area contributed by atoms with Crippen molar-refractivity contribution in [2.75, 3.05) is 18.9 Å². The molecule has 1 saturated heterocycles. The molecular formula is C14H16N2O4. The number of imide groups is 1. The average molecular weight is 276 g/mol. The van der Waals surface area contributed by atoms with Crippen molar-refractivity contribution in [2.45, 2.75) is 25.8 Å². The highest BCUT2D eigenvalue weighted by Gasteiger charge is 2.27. The van der Waals surface area contributed by atoms with Gasteiger partial charge >= 0.3 is 0 Å². The Morgan fingerprint density at radius 2 is 1.65 bits per heavy atom. The van der Waals surface area contributed by atoms with E-state index >= 15 is 0 Å². The zero-order valence-electron chi connectivity index (χ0n) is 11.1. The van der Waals surface area contributed by atoms with Crippen molar-refractivity contribution in [3.63, 3.8) is 0 Å². The standard InChI is InChI=1S/C14H16N2O4/c15-10-7-12-11(19-4-5-20-12)6-9(10)8-16-13(17)2-1-3-14(16)18/h6-7H,1-5,8,15H2. The first-order valence-electron chi connectivity index (χ1n) is 6.66. The molecule has 6 nitrogen and oxygen atoms in total. The molecule has 0 atom stereocenters. The molecule has 0 aliphatic carbocycles. The third kappa shape index (κ3) is 2.29. The van der Waals surface area contributed by atoms with Crippen molar-refractivity contribution in [1.29, 1.82) is 0 Å². The van der Waals surface area contributed by atoms with Crippen molar-refractivity contribution in [2.24, 2.45) is 0 Å². The highest BCUT2D eigenvalue weighted by atomic mass is 16.6. The second-order valence-corrected chi connectivity index (χ2v) is 4.92. The van der Waals surface area contributed by atoms with E-state index in [1.807, 2.05) is 0 Å². The van der Waals surface area contributed by atoms with Crippen LogP contribution >= 0.6 is 0 Å². The summed E-state index contributed by atoms with van der Waals surface area (Å²) >= 11 is 0. The number of amides is 2. The van der Waals surface area contributed by atoms with Gasteiger partial charge in [-0.2, -0.15) is 0 Å². The summed E-state index contributed by atoms with van der Waals surface area (Å²) in [5, 5.41) is 0. The van der Waals surface area contributed by atoms with E-state index in [1.54, 1.807) is 12.1 Å². The van der Waals surface area contributed by atoms with E-state index in [4.69, 9.17) is 15.2 Å². The Morgan fingerprint density at radius 3 is 2.30 bits per heavy atom. The SMILES string of the molecule is Nc1cc2c(cc1CN1C(=O)CCCC1=O)OCCO2. The number of carbonyl (C=O) groups is 2. The van der Waals surface area contributed by atoms with Gasteiger partial charge in [-0.1, -0.05) is 0 Å². The molecule has 0 aromatic heterocycles. The fourth-order valence-electron chi connectivity index (χ4n) is 2.43. The first-order chi connectivity index (χ1) is 9.65. The van der Waals surface area contributed by atoms with Crippen LogP contribution in [0.15, 0.2) is 12.1 Å². The minimum atomic E-state index is -0.143. The maximum atomic E-state index is 11.8. The molecule has 2 amide bonds. The van der Waals surface area contributed by atoms with E-state index in [0.29, 0.717) is 55.2 Å². The lowest BCUT2D eigenvalue weighted by Crippen LogP contribution is -2.39. The number of hydrogen-bond donors (Lipinski definition) is 1. The summed E-state index contributed by atoms with van der Waals surface area (Å²) in [7, 11) is 0. The molecule has 2 aliphatic heterocycles. The van der Waals surface area contributed by atoms with Crippen LogP contribution in [-0.2, 0) is 16.1 Å². The number of likely N-dealkylation sites (tertiary alicyclic amines) is 1. The number of nitrogens with two attached hydrogens (primary N) is 1. The van der Waals surface area contributed by atoms with E-state index in [0.717, 1.165) is 0 Å². The van der Waals surface area contributed by atoms with Gasteiger partial charge in [-0.3, -0.25) is 14.5 Å². The summed E-state index contributed by atoms with van der Waals surface area (Å²) < 4.78 is 10.9. The summed E-state index contributed by atoms with van der Waals surface area (Å²) in [6.45, 7) is 1.17. The molecule has 1 aromatic rings. The van der Waals surface area contributed by atoms with Gasteiger partial charge in [0.2, 0.25) is 11.8 Å². The molecule has 0 bridgehead atoms. The maximum Gasteiger partial charge on any atom is 0.229 e. The Bertz CT molecular complexity index is 555. The van der Waals surface area contributed by atoms with Gasteiger partial charge in [0.1, 0.15) is 13.2 Å². The third-order valence-electron chi connectivity index (χ3n) is 3.52. The number of carbonyl (C=O) groups excluding carboxylic acids is 2. The molecule has 6 heteroatoms. The Labute approximate surface area is 116 Å². The van der Waals surface area contributed by atoms with Gasteiger partial charge < -0.3 is 15.2 Å². The number of anilines is 1. The van der Waals surface area contributed by atoms with Gasteiger partial charge in [-0.05, 0) is 18.1 Å². The van der Waals surface area contributed by atoms with Crippen LogP contribution in [-0.4, -0.2) is 29.9 Å². The highest BCUT2D eigenvalue weighted by molar-refractivity contribution is 5.97. The summed E-state index contributed by atoms with van der Waals surface area (Å²) in [6, 6.07) is 3.43. The minimum absolute atomic E-state index is 0.143. The number of ether oxygens (including phenoxy) is 2. The maximum absolute atomic E-state index is 11.8. The van der Waals surface area contributed by atoms with E-state index < -0.39 is 0 Å². The zero-order chi connectivity index (χ0) is 14.1. The van der Waals surface area contributed by atoms with Crippen LogP contribution in [0.5, 0.6) is 11.5 Å². The number of hydrogen-bond acceptors (Lipinski definition) is 5. The second kappa shape index (κ2) is 5.03. The molecule has 0 radical (unpaired) electrons. The number of rotatable bonds is 2. The van der Waals surface area contributed by atoms with Gasteiger partial charge in [-0.15, -0.1) is 0 Å². The summed E-state index contributed by atoms with van der Waals surface area (Å²) in [6.07, 6.45) is 1.46. The van der Waals surface area contributed by atoms with Crippen molar-refractivity contribution >= 4 is 17.5 Å². The number of fused-ring (bicyclic) bond motifs is 1. The molecule has 2 aliphatic rings. The first-order valence-corrected chi connectivity index (χ1v) is 6.66. The monoisotopic (exact) mass is 276 g/mol. The number of nitrogen functional groups attached to an aromatic ring is 1. The van der Waals surface area contributed by atoms with Gasteiger partial charge in [0.15, 0.2) is 11.5 Å². The summed E-state index contributed by atoms with van der Waals surface area (Å²) in [5.74, 6) is 0.928. The fraction of sp³-hybridized carbons (Fsp3) is 0.429. The summed E-state index contributed by atoms with van der Waals surface area (Å²) in [5.41, 5.74) is 7.17. The zero-order valence-corrected chi connectivity index (χ0v) is 11.1. The Balaban J connectivity index is 1.86. The third-order valence-corrected chi connectivity index (χ3v) is 3.52. The molecule has 1 fully saturated rings. The van der Waals surface area contributed by atoms with Crippen molar-refractivity contribution < 1.29 is 19.1 Å². The molecule has 106 valence electrons. The molecular weight excluding hydrogens is 260 g/mol. The van der Waals surface area contributed by atoms with Crippen LogP contribution in [0.3, 0.4) is 0 Å². The van der Waals surface area contributed by atoms with Crippen molar-refractivity contribution in [1.82, 2.24) is 4.90 Å². The molecule has 0 unspecified atom stereocenters. The van der Waals surface area contributed by atoms with E-state index in [-0.39, 0.29) is 18.4 Å². The van der Waals surface area contributed by atoms with Crippen LogP contribution in [0.1, 0.15) is 24.8 Å². The molecule has 3 rings (SSSR count). The van der Waals surface area contributed by atoms with Crippen LogP contribution in [0.4, 0.5) is 5.69 Å². The number of nitrogens with zero attached hydrogens (tertiary/aromatic N) is 1. The van der Waals surface area contributed by atoms with Crippen LogP contribution in [0.2, 0.25) is 0 Å². The molecule has 0 spiro atoms. The van der Waals surface area contributed by atoms with Crippen LogP contribution in [0, 0.1) is 0 Å². The average Bonchev–Trinajstić information content (AvgIpc) is 2.43. The lowest BCUT2D eigenvalue weighted by Gasteiger charge is -2.26. The fourth-order valence-corrected chi connectivity index (χ4v) is 2.43. The quantitative estimate of drug-likeness (QED) is 0.645. The van der Waals surface area contributed by atoms with E-state index in [1.165, 1.54) is 4.90 Å². The lowest BCUT2D eigenvalue weighted by atomic mass is 10.1. The van der Waals surface area contributed by atoms with E-state index in [9.17, 15) is 9.59 Å². The molecule has 2 heterocycles. The Morgan fingerprint density at radius 1 is 1.05 bits per heavy atom. The van der Waals surface area contributed by atoms with Crippen molar-refractivity contribution in [3.05, 3.63) is 17.7 Å². The molecule has 20 heavy (non-hydrogen) atoms. The highest BCUT2D eigenvalue weighted by Crippen LogP contribution is 2.35. The lowest BCUT2D eigenvalue weighted by molar-refractivity contribution is -0.148. The van der Waals surface area contributed by atoms with Gasteiger partial charge in [0.25, 0.3) is 0 Å². The Kier molecular flexibility index (Phi) is 3.22. The predicted octanol–water partition coefficient (Wildman–Crippen LogP) is 1.08.